The number of anilines is 1. The van der Waals surface area contributed by atoms with Crippen LogP contribution in [0.1, 0.15) is 22.8 Å². The first-order valence-electron chi connectivity index (χ1n) is 7.07. The third-order valence-electron chi connectivity index (χ3n) is 3.18. The van der Waals surface area contributed by atoms with E-state index in [0.717, 1.165) is 18.2 Å². The lowest BCUT2D eigenvalue weighted by atomic mass is 10.1. The number of hydrogen-bond acceptors (Lipinski definition) is 3. The maximum Gasteiger partial charge on any atom is 0.416 e. The Morgan fingerprint density at radius 3 is 2.52 bits per heavy atom. The second-order valence-electron chi connectivity index (χ2n) is 5.11. The Hall–Kier alpha value is -2.54. The summed E-state index contributed by atoms with van der Waals surface area (Å²) in [6, 6.07) is 8.82. The molecule has 0 aliphatic rings. The van der Waals surface area contributed by atoms with Gasteiger partial charge in [-0.15, -0.1) is 0 Å². The highest BCUT2D eigenvalue weighted by Gasteiger charge is 2.31. The molecule has 0 heterocycles. The molecule has 0 radical (unpaired) electrons. The van der Waals surface area contributed by atoms with Gasteiger partial charge in [0, 0.05) is 5.56 Å². The number of nitrogens with one attached hydrogen (secondary N) is 1. The molecule has 0 bridgehead atoms. The molecule has 132 valence electrons. The normalized spacial score (nSPS) is 11.1. The predicted octanol–water partition coefficient (Wildman–Crippen LogP) is 4.58. The van der Waals surface area contributed by atoms with Crippen LogP contribution in [0.15, 0.2) is 42.5 Å². The highest BCUT2D eigenvalue weighted by molar-refractivity contribution is 6.33. The summed E-state index contributed by atoms with van der Waals surface area (Å²) < 4.78 is 43.3. The molecule has 0 aliphatic heterocycles. The topological polar surface area (TPSA) is 55.4 Å². The highest BCUT2D eigenvalue weighted by atomic mass is 35.5. The molecule has 0 fully saturated rings. The van der Waals surface area contributed by atoms with Gasteiger partial charge in [0.05, 0.1) is 16.3 Å². The van der Waals surface area contributed by atoms with Crippen LogP contribution in [0.25, 0.3) is 0 Å². The maximum atomic E-state index is 12.7. The second kappa shape index (κ2) is 7.57. The van der Waals surface area contributed by atoms with Crippen molar-refractivity contribution in [2.45, 2.75) is 13.1 Å². The Balaban J connectivity index is 2.03. The monoisotopic (exact) mass is 371 g/mol. The van der Waals surface area contributed by atoms with Crippen LogP contribution in [0.2, 0.25) is 5.02 Å². The lowest BCUT2D eigenvalue weighted by molar-refractivity contribution is -0.137. The van der Waals surface area contributed by atoms with Crippen molar-refractivity contribution in [2.75, 3.05) is 11.9 Å². The van der Waals surface area contributed by atoms with Gasteiger partial charge in [0.25, 0.3) is 5.91 Å². The Morgan fingerprint density at radius 1 is 1.16 bits per heavy atom. The van der Waals surface area contributed by atoms with Crippen LogP contribution in [0.4, 0.5) is 18.9 Å². The van der Waals surface area contributed by atoms with Gasteiger partial charge in [-0.3, -0.25) is 9.59 Å². The molecule has 1 amide bonds. The van der Waals surface area contributed by atoms with Gasteiger partial charge in [0.15, 0.2) is 12.4 Å². The van der Waals surface area contributed by atoms with Crippen LogP contribution >= 0.6 is 11.6 Å². The number of benzene rings is 2. The van der Waals surface area contributed by atoms with E-state index in [9.17, 15) is 22.8 Å². The minimum atomic E-state index is -4.55. The fourth-order valence-electron chi connectivity index (χ4n) is 1.94. The van der Waals surface area contributed by atoms with Gasteiger partial charge in [0.2, 0.25) is 0 Å². The third kappa shape index (κ3) is 5.22. The molecule has 0 saturated carbocycles. The minimum absolute atomic E-state index is 0.0278. The van der Waals surface area contributed by atoms with Gasteiger partial charge in [-0.1, -0.05) is 23.7 Å². The van der Waals surface area contributed by atoms with Crippen LogP contribution in [0.3, 0.4) is 0 Å². The van der Waals surface area contributed by atoms with E-state index in [2.05, 4.69) is 5.32 Å². The molecule has 0 saturated heterocycles. The average Bonchev–Trinajstić information content (AvgIpc) is 2.54. The summed E-state index contributed by atoms with van der Waals surface area (Å²) in [4.78, 5) is 23.2. The summed E-state index contributed by atoms with van der Waals surface area (Å²) in [6.07, 6.45) is -4.55. The first-order chi connectivity index (χ1) is 11.7. The Labute approximate surface area is 146 Å². The number of hydrogen-bond donors (Lipinski definition) is 1. The van der Waals surface area contributed by atoms with E-state index in [0.29, 0.717) is 5.56 Å². The largest absolute Gasteiger partial charge is 0.484 e. The van der Waals surface area contributed by atoms with Gasteiger partial charge in [0.1, 0.15) is 5.75 Å². The summed E-state index contributed by atoms with van der Waals surface area (Å²) in [5.74, 6) is -0.557. The standard InChI is InChI=1S/C17H13ClF3NO3/c1-10(23)11-3-2-4-13(7-11)25-9-16(24)22-15-8-12(17(19,20)21)5-6-14(15)18/h2-8H,9H2,1H3,(H,22,24). The zero-order chi connectivity index (χ0) is 18.6. The SMILES string of the molecule is CC(=O)c1cccc(OCC(=O)Nc2cc(C(F)(F)F)ccc2Cl)c1. The van der Waals surface area contributed by atoms with Gasteiger partial charge < -0.3 is 10.1 Å². The van der Waals surface area contributed by atoms with E-state index in [1.165, 1.54) is 13.0 Å². The van der Waals surface area contributed by atoms with Crippen molar-refractivity contribution < 1.29 is 27.5 Å². The number of amides is 1. The molecule has 0 atom stereocenters. The molecule has 2 aromatic rings. The van der Waals surface area contributed by atoms with Gasteiger partial charge in [-0.05, 0) is 37.3 Å². The summed E-state index contributed by atoms with van der Waals surface area (Å²) >= 11 is 5.80. The molecule has 2 aromatic carbocycles. The summed E-state index contributed by atoms with van der Waals surface area (Å²) in [7, 11) is 0. The quantitative estimate of drug-likeness (QED) is 0.783. The highest BCUT2D eigenvalue weighted by Crippen LogP contribution is 2.33. The number of carbonyl (C=O) groups excluding carboxylic acids is 2. The molecule has 0 aliphatic carbocycles. The number of ketones is 1. The van der Waals surface area contributed by atoms with Crippen LogP contribution in [-0.2, 0) is 11.0 Å². The lowest BCUT2D eigenvalue weighted by Crippen LogP contribution is -2.20. The van der Waals surface area contributed by atoms with Crippen LogP contribution < -0.4 is 10.1 Å². The van der Waals surface area contributed by atoms with Crippen molar-refractivity contribution in [1.82, 2.24) is 0 Å². The number of ether oxygens (including phenoxy) is 1. The van der Waals surface area contributed by atoms with Crippen LogP contribution in [-0.4, -0.2) is 18.3 Å². The zero-order valence-electron chi connectivity index (χ0n) is 13.0. The molecule has 25 heavy (non-hydrogen) atoms. The molecular weight excluding hydrogens is 359 g/mol. The molecule has 0 unspecified atom stereocenters. The molecule has 2 rings (SSSR count). The first-order valence-corrected chi connectivity index (χ1v) is 7.45. The summed E-state index contributed by atoms with van der Waals surface area (Å²) in [5, 5.41) is 2.24. The van der Waals surface area contributed by atoms with Crippen molar-refractivity contribution in [3.63, 3.8) is 0 Å². The second-order valence-corrected chi connectivity index (χ2v) is 5.52. The summed E-state index contributed by atoms with van der Waals surface area (Å²) in [6.45, 7) is 0.940. The predicted molar refractivity (Wildman–Crippen MR) is 87.0 cm³/mol. The van der Waals surface area contributed by atoms with E-state index >= 15 is 0 Å². The third-order valence-corrected chi connectivity index (χ3v) is 3.51. The Kier molecular flexibility index (Phi) is 5.69. The lowest BCUT2D eigenvalue weighted by Gasteiger charge is -2.12. The van der Waals surface area contributed by atoms with E-state index in [4.69, 9.17) is 16.3 Å². The van der Waals surface area contributed by atoms with Crippen molar-refractivity contribution in [3.05, 3.63) is 58.6 Å². The van der Waals surface area contributed by atoms with E-state index in [1.54, 1.807) is 18.2 Å². The summed E-state index contributed by atoms with van der Waals surface area (Å²) in [5.41, 5.74) is -0.677. The van der Waals surface area contributed by atoms with Crippen molar-refractivity contribution >= 4 is 29.0 Å². The van der Waals surface area contributed by atoms with Crippen LogP contribution in [0, 0.1) is 0 Å². The minimum Gasteiger partial charge on any atom is -0.484 e. The van der Waals surface area contributed by atoms with E-state index in [1.807, 2.05) is 0 Å². The fraction of sp³-hybridized carbons (Fsp3) is 0.176. The molecule has 1 N–H and O–H groups in total. The Morgan fingerprint density at radius 2 is 1.88 bits per heavy atom. The van der Waals surface area contributed by atoms with Crippen molar-refractivity contribution in [1.29, 1.82) is 0 Å². The number of alkyl halides is 3. The van der Waals surface area contributed by atoms with E-state index < -0.39 is 24.3 Å². The Bertz CT molecular complexity index is 806. The van der Waals surface area contributed by atoms with Gasteiger partial charge in [-0.25, -0.2) is 0 Å². The number of rotatable bonds is 5. The number of carbonyl (C=O) groups is 2. The molecule has 0 aromatic heterocycles. The fourth-order valence-corrected chi connectivity index (χ4v) is 2.10. The number of Topliss-reactive ketones (excluding diaryl/α,β-unsaturated/α-hetero) is 1. The molecule has 8 heteroatoms. The molecule has 0 spiro atoms. The number of halogens is 4. The van der Waals surface area contributed by atoms with Gasteiger partial charge in [-0.2, -0.15) is 13.2 Å². The van der Waals surface area contributed by atoms with E-state index in [-0.39, 0.29) is 22.2 Å². The smallest absolute Gasteiger partial charge is 0.416 e. The average molecular weight is 372 g/mol. The maximum absolute atomic E-state index is 12.7. The van der Waals surface area contributed by atoms with Crippen molar-refractivity contribution in [2.24, 2.45) is 0 Å². The van der Waals surface area contributed by atoms with Crippen molar-refractivity contribution in [3.8, 4) is 5.75 Å². The van der Waals surface area contributed by atoms with Crippen LogP contribution in [0.5, 0.6) is 5.75 Å². The first kappa shape index (κ1) is 18.8. The molecular formula is C17H13ClF3NO3. The molecule has 4 nitrogen and oxygen atoms in total. The zero-order valence-corrected chi connectivity index (χ0v) is 13.7. The van der Waals surface area contributed by atoms with Gasteiger partial charge >= 0.3 is 6.18 Å².